The summed E-state index contributed by atoms with van der Waals surface area (Å²) < 4.78 is 16.8. The number of fused-ring (bicyclic) bond motifs is 1. The minimum atomic E-state index is -0.256. The van der Waals surface area contributed by atoms with E-state index in [4.69, 9.17) is 37.4 Å². The molecule has 2 heterocycles. The number of carbonyl (C=O) groups excluding carboxylic acids is 1. The van der Waals surface area contributed by atoms with Crippen molar-refractivity contribution >= 4 is 29.1 Å². The van der Waals surface area contributed by atoms with Gasteiger partial charge in [-0.3, -0.25) is 4.79 Å². The first-order valence-corrected chi connectivity index (χ1v) is 9.16. The average molecular weight is 389 g/mol. The summed E-state index contributed by atoms with van der Waals surface area (Å²) in [4.78, 5) is 12.7. The number of methoxy groups -OCH3 is 1. The van der Waals surface area contributed by atoms with E-state index in [0.717, 1.165) is 19.5 Å². The Morgan fingerprint density at radius 3 is 2.88 bits per heavy atom. The molecule has 0 radical (unpaired) electrons. The van der Waals surface area contributed by atoms with Gasteiger partial charge in [0.1, 0.15) is 5.02 Å². The van der Waals surface area contributed by atoms with Crippen molar-refractivity contribution in [2.24, 2.45) is 5.92 Å². The van der Waals surface area contributed by atoms with Crippen LogP contribution in [0, 0.1) is 5.92 Å². The van der Waals surface area contributed by atoms with Crippen LogP contribution < -0.4 is 20.1 Å². The highest BCUT2D eigenvalue weighted by atomic mass is 35.5. The quantitative estimate of drug-likeness (QED) is 0.829. The molecule has 0 unspecified atom stereocenters. The number of hydrogen-bond donors (Lipinski definition) is 2. The zero-order valence-electron chi connectivity index (χ0n) is 14.1. The van der Waals surface area contributed by atoms with Crippen molar-refractivity contribution in [2.45, 2.75) is 18.9 Å². The molecule has 1 amide bonds. The molecule has 0 aromatic heterocycles. The van der Waals surface area contributed by atoms with Crippen molar-refractivity contribution in [1.29, 1.82) is 0 Å². The van der Waals surface area contributed by atoms with Gasteiger partial charge in [0.2, 0.25) is 0 Å². The van der Waals surface area contributed by atoms with Crippen LogP contribution in [0.3, 0.4) is 0 Å². The molecule has 6 nitrogen and oxygen atoms in total. The molecule has 2 aliphatic rings. The van der Waals surface area contributed by atoms with E-state index in [1.165, 1.54) is 6.07 Å². The first kappa shape index (κ1) is 18.6. The second-order valence-corrected chi connectivity index (χ2v) is 6.95. The summed E-state index contributed by atoms with van der Waals surface area (Å²) in [6.45, 7) is 3.16. The van der Waals surface area contributed by atoms with Gasteiger partial charge in [-0.25, -0.2) is 0 Å². The maximum absolute atomic E-state index is 12.7. The van der Waals surface area contributed by atoms with Gasteiger partial charge in [0.05, 0.1) is 29.9 Å². The summed E-state index contributed by atoms with van der Waals surface area (Å²) in [6.07, 6.45) is 1.74. The molecular weight excluding hydrogens is 367 g/mol. The normalized spacial score (nSPS) is 23.0. The highest BCUT2D eigenvalue weighted by Gasteiger charge is 2.28. The maximum Gasteiger partial charge on any atom is 0.255 e. The lowest BCUT2D eigenvalue weighted by Crippen LogP contribution is -2.46. The monoisotopic (exact) mass is 388 g/mol. The second kappa shape index (κ2) is 8.45. The van der Waals surface area contributed by atoms with Gasteiger partial charge < -0.3 is 24.8 Å². The minimum Gasteiger partial charge on any atom is -0.489 e. The van der Waals surface area contributed by atoms with Gasteiger partial charge in [0.25, 0.3) is 5.91 Å². The Morgan fingerprint density at radius 2 is 2.12 bits per heavy atom. The molecule has 0 bridgehead atoms. The van der Waals surface area contributed by atoms with Gasteiger partial charge >= 0.3 is 0 Å². The van der Waals surface area contributed by atoms with Gasteiger partial charge in [-0.2, -0.15) is 0 Å². The number of halogens is 2. The van der Waals surface area contributed by atoms with E-state index in [-0.39, 0.29) is 28.0 Å². The van der Waals surface area contributed by atoms with E-state index in [9.17, 15) is 4.79 Å². The highest BCUT2D eigenvalue weighted by Crippen LogP contribution is 2.44. The van der Waals surface area contributed by atoms with Crippen LogP contribution in [0.15, 0.2) is 6.07 Å². The van der Waals surface area contributed by atoms with Crippen LogP contribution in [0.2, 0.25) is 10.0 Å². The summed E-state index contributed by atoms with van der Waals surface area (Å²) in [5.41, 5.74) is 0.342. The molecule has 1 saturated heterocycles. The van der Waals surface area contributed by atoms with Crippen molar-refractivity contribution in [3.05, 3.63) is 21.7 Å². The fourth-order valence-electron chi connectivity index (χ4n) is 3.15. The third-order valence-corrected chi connectivity index (χ3v) is 5.32. The molecule has 3 rings (SSSR count). The number of ether oxygens (including phenoxy) is 3. The van der Waals surface area contributed by atoms with E-state index in [2.05, 4.69) is 10.6 Å². The van der Waals surface area contributed by atoms with Crippen LogP contribution in [-0.4, -0.2) is 52.0 Å². The second-order valence-electron chi connectivity index (χ2n) is 6.17. The minimum absolute atomic E-state index is 0.0829. The van der Waals surface area contributed by atoms with Crippen molar-refractivity contribution in [3.63, 3.8) is 0 Å². The zero-order valence-corrected chi connectivity index (χ0v) is 15.6. The van der Waals surface area contributed by atoms with E-state index >= 15 is 0 Å². The summed E-state index contributed by atoms with van der Waals surface area (Å²) >= 11 is 12.4. The number of nitrogens with one attached hydrogen (secondary N) is 2. The molecule has 0 spiro atoms. The molecule has 0 aliphatic carbocycles. The molecule has 25 heavy (non-hydrogen) atoms. The lowest BCUT2D eigenvalue weighted by molar-refractivity contribution is 0.0338. The molecular formula is C17H22Cl2N2O4. The zero-order chi connectivity index (χ0) is 17.8. The van der Waals surface area contributed by atoms with Gasteiger partial charge in [0, 0.05) is 32.5 Å². The number of rotatable bonds is 4. The molecule has 1 fully saturated rings. The fourth-order valence-corrected chi connectivity index (χ4v) is 3.54. The third-order valence-electron chi connectivity index (χ3n) is 4.55. The van der Waals surface area contributed by atoms with Gasteiger partial charge in [-0.15, -0.1) is 0 Å². The predicted octanol–water partition coefficient (Wildman–Crippen LogP) is 2.51. The molecule has 1 aromatic carbocycles. The molecule has 2 aliphatic heterocycles. The van der Waals surface area contributed by atoms with Crippen molar-refractivity contribution in [2.75, 3.05) is 40.0 Å². The van der Waals surface area contributed by atoms with Crippen molar-refractivity contribution in [3.8, 4) is 11.5 Å². The van der Waals surface area contributed by atoms with Gasteiger partial charge in [-0.05, 0) is 19.0 Å². The van der Waals surface area contributed by atoms with E-state index in [0.29, 0.717) is 43.2 Å². The number of benzene rings is 1. The summed E-state index contributed by atoms with van der Waals surface area (Å²) in [5, 5.41) is 6.80. The Bertz CT molecular complexity index is 642. The Labute approximate surface area is 157 Å². The number of piperidine rings is 1. The van der Waals surface area contributed by atoms with Crippen LogP contribution in [0.5, 0.6) is 11.5 Å². The van der Waals surface area contributed by atoms with Crippen LogP contribution in [-0.2, 0) is 4.74 Å². The van der Waals surface area contributed by atoms with E-state index in [1.54, 1.807) is 7.11 Å². The van der Waals surface area contributed by atoms with Crippen LogP contribution in [0.4, 0.5) is 0 Å². The number of hydrogen-bond acceptors (Lipinski definition) is 5. The van der Waals surface area contributed by atoms with Crippen LogP contribution in [0.25, 0.3) is 0 Å². The summed E-state index contributed by atoms with van der Waals surface area (Å²) in [7, 11) is 1.69. The third kappa shape index (κ3) is 4.14. The predicted molar refractivity (Wildman–Crippen MR) is 96.2 cm³/mol. The summed E-state index contributed by atoms with van der Waals surface area (Å²) in [6, 6.07) is 1.53. The number of amides is 1. The highest BCUT2D eigenvalue weighted by molar-refractivity contribution is 6.43. The largest absolute Gasteiger partial charge is 0.489 e. The Balaban J connectivity index is 1.76. The van der Waals surface area contributed by atoms with E-state index in [1.807, 2.05) is 0 Å². The topological polar surface area (TPSA) is 68.8 Å². The van der Waals surface area contributed by atoms with Crippen LogP contribution >= 0.6 is 23.2 Å². The van der Waals surface area contributed by atoms with Gasteiger partial charge in [-0.1, -0.05) is 23.2 Å². The number of carbonyl (C=O) groups is 1. The van der Waals surface area contributed by atoms with E-state index < -0.39 is 0 Å². The molecule has 2 N–H and O–H groups in total. The maximum atomic E-state index is 12.7. The lowest BCUT2D eigenvalue weighted by atomic mass is 9.95. The Morgan fingerprint density at radius 1 is 1.36 bits per heavy atom. The molecule has 1 aromatic rings. The Kier molecular flexibility index (Phi) is 6.28. The first-order chi connectivity index (χ1) is 12.1. The van der Waals surface area contributed by atoms with Crippen LogP contribution in [0.1, 0.15) is 23.2 Å². The molecule has 2 atom stereocenters. The van der Waals surface area contributed by atoms with Crippen molar-refractivity contribution in [1.82, 2.24) is 10.6 Å². The average Bonchev–Trinajstić information content (AvgIpc) is 2.89. The molecule has 8 heteroatoms. The SMILES string of the molecule is CO[C@@H]1CNCC[C@H]1CNC(=O)c1cc(Cl)c(Cl)c2c1OCCCO2. The van der Waals surface area contributed by atoms with Crippen molar-refractivity contribution < 1.29 is 19.0 Å². The lowest BCUT2D eigenvalue weighted by Gasteiger charge is -2.31. The standard InChI is InChI=1S/C17H22Cl2N2O4/c1-23-13-9-20-4-3-10(13)8-21-17(22)11-7-12(18)14(19)16-15(11)24-5-2-6-25-16/h7,10,13,20H,2-6,8-9H2,1H3,(H,21,22)/t10-,13+/m0/s1. The fraction of sp³-hybridized carbons (Fsp3) is 0.588. The smallest absolute Gasteiger partial charge is 0.255 e. The van der Waals surface area contributed by atoms with Gasteiger partial charge in [0.15, 0.2) is 11.5 Å². The summed E-state index contributed by atoms with van der Waals surface area (Å²) in [5.74, 6) is 0.703. The first-order valence-electron chi connectivity index (χ1n) is 8.41. The molecule has 138 valence electrons. The Hall–Kier alpha value is -1.21. The molecule has 0 saturated carbocycles.